The molecule has 1 aromatic rings. The molecule has 5 heteroatoms. The van der Waals surface area contributed by atoms with Crippen LogP contribution in [0.2, 0.25) is 0 Å². The third kappa shape index (κ3) is 4.21. The Morgan fingerprint density at radius 1 is 1.33 bits per heavy atom. The summed E-state index contributed by atoms with van der Waals surface area (Å²) < 4.78 is 5.32. The smallest absolute Gasteiger partial charge is 0.262 e. The highest BCUT2D eigenvalue weighted by Gasteiger charge is 2.18. The minimum Gasteiger partial charge on any atom is -0.482 e. The monoisotopic (exact) mass is 290 g/mol. The standard InChI is InChI=1S/C16H22N2O3/c1-10(2)4-5-11(3)17-16(20)12-6-7-13-14(8-12)21-9-15(19)18-13/h6-8,10-11H,4-5,9H2,1-3H3,(H,17,20)(H,18,19)/t11-/m0/s1. The van der Waals surface area contributed by atoms with E-state index in [4.69, 9.17) is 4.74 Å². The minimum atomic E-state index is -0.179. The molecule has 5 nitrogen and oxygen atoms in total. The van der Waals surface area contributed by atoms with Gasteiger partial charge in [-0.3, -0.25) is 9.59 Å². The zero-order valence-electron chi connectivity index (χ0n) is 12.7. The van der Waals surface area contributed by atoms with E-state index in [0.717, 1.165) is 12.8 Å². The number of hydrogen-bond donors (Lipinski definition) is 2. The molecular formula is C16H22N2O3. The van der Waals surface area contributed by atoms with Gasteiger partial charge in [-0.15, -0.1) is 0 Å². The number of rotatable bonds is 5. The van der Waals surface area contributed by atoms with Gasteiger partial charge in [0.1, 0.15) is 5.75 Å². The van der Waals surface area contributed by atoms with Crippen molar-refractivity contribution in [3.63, 3.8) is 0 Å². The summed E-state index contributed by atoms with van der Waals surface area (Å²) >= 11 is 0. The first-order chi connectivity index (χ1) is 9.95. The maximum Gasteiger partial charge on any atom is 0.262 e. The van der Waals surface area contributed by atoms with Gasteiger partial charge in [0.25, 0.3) is 11.8 Å². The zero-order chi connectivity index (χ0) is 15.4. The lowest BCUT2D eigenvalue weighted by molar-refractivity contribution is -0.118. The summed E-state index contributed by atoms with van der Waals surface area (Å²) in [7, 11) is 0. The van der Waals surface area contributed by atoms with Gasteiger partial charge in [-0.1, -0.05) is 13.8 Å². The molecule has 0 fully saturated rings. The van der Waals surface area contributed by atoms with Crippen molar-refractivity contribution in [3.05, 3.63) is 23.8 Å². The highest BCUT2D eigenvalue weighted by Crippen LogP contribution is 2.28. The number of ether oxygens (including phenoxy) is 1. The Balaban J connectivity index is 1.98. The summed E-state index contributed by atoms with van der Waals surface area (Å²) in [4.78, 5) is 23.4. The van der Waals surface area contributed by atoms with Gasteiger partial charge in [0.15, 0.2) is 6.61 Å². The number of hydrogen-bond acceptors (Lipinski definition) is 3. The fourth-order valence-electron chi connectivity index (χ4n) is 2.18. The van der Waals surface area contributed by atoms with Crippen LogP contribution in [0.15, 0.2) is 18.2 Å². The van der Waals surface area contributed by atoms with Gasteiger partial charge in [-0.05, 0) is 43.9 Å². The molecule has 1 aromatic carbocycles. The number of carbonyl (C=O) groups is 2. The van der Waals surface area contributed by atoms with Crippen LogP contribution in [0.3, 0.4) is 0 Å². The predicted octanol–water partition coefficient (Wildman–Crippen LogP) is 2.57. The van der Waals surface area contributed by atoms with E-state index >= 15 is 0 Å². The fourth-order valence-corrected chi connectivity index (χ4v) is 2.18. The van der Waals surface area contributed by atoms with Crippen LogP contribution in [0.1, 0.15) is 44.0 Å². The van der Waals surface area contributed by atoms with Crippen molar-refractivity contribution < 1.29 is 14.3 Å². The van der Waals surface area contributed by atoms with Crippen LogP contribution >= 0.6 is 0 Å². The summed E-state index contributed by atoms with van der Waals surface area (Å²) in [5.74, 6) is 0.874. The van der Waals surface area contributed by atoms with Crippen LogP contribution in [0.4, 0.5) is 5.69 Å². The summed E-state index contributed by atoms with van der Waals surface area (Å²) in [5, 5.41) is 5.69. The lowest BCUT2D eigenvalue weighted by atomic mass is 10.0. The molecular weight excluding hydrogens is 268 g/mol. The second kappa shape index (κ2) is 6.61. The third-order valence-electron chi connectivity index (χ3n) is 3.43. The first-order valence-electron chi connectivity index (χ1n) is 7.33. The average Bonchev–Trinajstić information content (AvgIpc) is 2.44. The van der Waals surface area contributed by atoms with E-state index < -0.39 is 0 Å². The van der Waals surface area contributed by atoms with Crippen molar-refractivity contribution in [2.75, 3.05) is 11.9 Å². The molecule has 21 heavy (non-hydrogen) atoms. The molecule has 2 amide bonds. The molecule has 0 saturated carbocycles. The predicted molar refractivity (Wildman–Crippen MR) is 81.6 cm³/mol. The van der Waals surface area contributed by atoms with Crippen LogP contribution in [0.5, 0.6) is 5.75 Å². The SMILES string of the molecule is CC(C)CC[C@H](C)NC(=O)c1ccc2c(c1)OCC(=O)N2. The maximum absolute atomic E-state index is 12.2. The van der Waals surface area contributed by atoms with Gasteiger partial charge in [0, 0.05) is 11.6 Å². The van der Waals surface area contributed by atoms with Crippen LogP contribution in [0.25, 0.3) is 0 Å². The fraction of sp³-hybridized carbons (Fsp3) is 0.500. The molecule has 0 bridgehead atoms. The summed E-state index contributed by atoms with van der Waals surface area (Å²) in [6.45, 7) is 6.34. The molecule has 0 unspecified atom stereocenters. The number of nitrogens with one attached hydrogen (secondary N) is 2. The van der Waals surface area contributed by atoms with Gasteiger partial charge in [0.05, 0.1) is 5.69 Å². The van der Waals surface area contributed by atoms with E-state index in [-0.39, 0.29) is 24.5 Å². The molecule has 0 radical (unpaired) electrons. The van der Waals surface area contributed by atoms with Crippen molar-refractivity contribution in [2.45, 2.75) is 39.7 Å². The van der Waals surface area contributed by atoms with Crippen molar-refractivity contribution in [2.24, 2.45) is 5.92 Å². The van der Waals surface area contributed by atoms with Crippen molar-refractivity contribution >= 4 is 17.5 Å². The Hall–Kier alpha value is -2.04. The molecule has 2 rings (SSSR count). The molecule has 0 saturated heterocycles. The van der Waals surface area contributed by atoms with Gasteiger partial charge in [-0.25, -0.2) is 0 Å². The minimum absolute atomic E-state index is 0.0110. The van der Waals surface area contributed by atoms with E-state index in [1.807, 2.05) is 6.92 Å². The quantitative estimate of drug-likeness (QED) is 0.876. The van der Waals surface area contributed by atoms with Gasteiger partial charge >= 0.3 is 0 Å². The third-order valence-corrected chi connectivity index (χ3v) is 3.43. The topological polar surface area (TPSA) is 67.4 Å². The number of fused-ring (bicyclic) bond motifs is 1. The second-order valence-electron chi connectivity index (χ2n) is 5.89. The lowest BCUT2D eigenvalue weighted by Crippen LogP contribution is -2.33. The molecule has 1 aliphatic rings. The van der Waals surface area contributed by atoms with Crippen molar-refractivity contribution in [3.8, 4) is 5.75 Å². The summed E-state index contributed by atoms with van der Waals surface area (Å²) in [6.07, 6.45) is 2.04. The van der Waals surface area contributed by atoms with Crippen LogP contribution in [-0.4, -0.2) is 24.5 Å². The number of amides is 2. The number of benzene rings is 1. The van der Waals surface area contributed by atoms with Crippen LogP contribution in [0, 0.1) is 5.92 Å². The Morgan fingerprint density at radius 2 is 2.10 bits per heavy atom. The maximum atomic E-state index is 12.2. The first kappa shape index (κ1) is 15.4. The lowest BCUT2D eigenvalue weighted by Gasteiger charge is -2.19. The van der Waals surface area contributed by atoms with Crippen LogP contribution < -0.4 is 15.4 Å². The van der Waals surface area contributed by atoms with Crippen molar-refractivity contribution in [1.82, 2.24) is 5.32 Å². The number of carbonyl (C=O) groups excluding carboxylic acids is 2. The highest BCUT2D eigenvalue weighted by molar-refractivity contribution is 5.99. The Morgan fingerprint density at radius 3 is 2.81 bits per heavy atom. The van der Waals surface area contributed by atoms with E-state index in [0.29, 0.717) is 22.9 Å². The molecule has 0 spiro atoms. The van der Waals surface area contributed by atoms with Crippen LogP contribution in [-0.2, 0) is 4.79 Å². The second-order valence-corrected chi connectivity index (χ2v) is 5.89. The van der Waals surface area contributed by atoms with Gasteiger partial charge < -0.3 is 15.4 Å². The first-order valence-corrected chi connectivity index (χ1v) is 7.33. The molecule has 1 aliphatic heterocycles. The Bertz CT molecular complexity index is 540. The normalized spacial score (nSPS) is 15.0. The summed E-state index contributed by atoms with van der Waals surface area (Å²) in [6, 6.07) is 5.19. The van der Waals surface area contributed by atoms with Crippen molar-refractivity contribution in [1.29, 1.82) is 0 Å². The molecule has 0 aromatic heterocycles. The van der Waals surface area contributed by atoms with Gasteiger partial charge in [0.2, 0.25) is 0 Å². The molecule has 1 atom stereocenters. The Labute approximate surface area is 125 Å². The summed E-state index contributed by atoms with van der Waals surface area (Å²) in [5.41, 5.74) is 1.15. The van der Waals surface area contributed by atoms with E-state index in [1.165, 1.54) is 0 Å². The molecule has 2 N–H and O–H groups in total. The van der Waals surface area contributed by atoms with E-state index in [9.17, 15) is 9.59 Å². The largest absolute Gasteiger partial charge is 0.482 e. The molecule has 0 aliphatic carbocycles. The molecule has 1 heterocycles. The average molecular weight is 290 g/mol. The van der Waals surface area contributed by atoms with E-state index in [2.05, 4.69) is 24.5 Å². The van der Waals surface area contributed by atoms with Gasteiger partial charge in [-0.2, -0.15) is 0 Å². The Kier molecular flexibility index (Phi) is 4.83. The highest BCUT2D eigenvalue weighted by atomic mass is 16.5. The van der Waals surface area contributed by atoms with E-state index in [1.54, 1.807) is 18.2 Å². The molecule has 114 valence electrons. The zero-order valence-corrected chi connectivity index (χ0v) is 12.7. The number of anilines is 1.